The molecule has 5 aromatic rings. The number of nitrogens with one attached hydrogen (secondary N) is 1. The SMILES string of the molecule is CC1CN(c2scnc2-c2nc3ccccc3[nH]2)CCN1C(=O)Cn1cc(Cl)c2cccnc21. The summed E-state index contributed by atoms with van der Waals surface area (Å²) in [7, 11) is 0. The van der Waals surface area contributed by atoms with Crippen molar-refractivity contribution in [2.45, 2.75) is 19.5 Å². The summed E-state index contributed by atoms with van der Waals surface area (Å²) in [5, 5.41) is 2.54. The van der Waals surface area contributed by atoms with Crippen LogP contribution in [0.15, 0.2) is 54.3 Å². The Hall–Kier alpha value is -3.43. The number of imidazole rings is 1. The van der Waals surface area contributed by atoms with Crippen LogP contribution in [-0.4, -0.2) is 61.0 Å². The number of carbonyl (C=O) groups is 1. The van der Waals surface area contributed by atoms with E-state index in [4.69, 9.17) is 16.6 Å². The van der Waals surface area contributed by atoms with E-state index in [0.717, 1.165) is 51.7 Å². The van der Waals surface area contributed by atoms with Crippen molar-refractivity contribution in [1.82, 2.24) is 29.4 Å². The molecule has 1 aliphatic rings. The average molecular weight is 492 g/mol. The molecule has 10 heteroatoms. The Kier molecular flexibility index (Phi) is 5.23. The van der Waals surface area contributed by atoms with Crippen molar-refractivity contribution in [3.05, 3.63) is 59.3 Å². The first-order valence-electron chi connectivity index (χ1n) is 11.1. The van der Waals surface area contributed by atoms with E-state index in [1.807, 2.05) is 51.4 Å². The van der Waals surface area contributed by atoms with Gasteiger partial charge in [-0.1, -0.05) is 23.7 Å². The van der Waals surface area contributed by atoms with Gasteiger partial charge < -0.3 is 19.4 Å². The maximum absolute atomic E-state index is 13.2. The maximum Gasteiger partial charge on any atom is 0.242 e. The molecule has 0 aliphatic carbocycles. The van der Waals surface area contributed by atoms with Gasteiger partial charge in [-0.25, -0.2) is 15.0 Å². The number of nitrogens with zero attached hydrogens (tertiary/aromatic N) is 6. The third kappa shape index (κ3) is 3.61. The fourth-order valence-corrected chi connectivity index (χ4v) is 5.74. The number of halogens is 1. The summed E-state index contributed by atoms with van der Waals surface area (Å²) in [4.78, 5) is 34.6. The molecule has 1 amide bonds. The minimum Gasteiger partial charge on any atom is -0.358 e. The van der Waals surface area contributed by atoms with Crippen LogP contribution in [0.3, 0.4) is 0 Å². The summed E-state index contributed by atoms with van der Waals surface area (Å²) in [6.45, 7) is 4.40. The largest absolute Gasteiger partial charge is 0.358 e. The molecule has 34 heavy (non-hydrogen) atoms. The van der Waals surface area contributed by atoms with Crippen LogP contribution in [0.5, 0.6) is 0 Å². The fraction of sp³-hybridized carbons (Fsp3) is 0.250. The molecule has 6 rings (SSSR count). The summed E-state index contributed by atoms with van der Waals surface area (Å²) >= 11 is 7.94. The number of para-hydroxylation sites is 2. The van der Waals surface area contributed by atoms with Crippen LogP contribution in [0, 0.1) is 0 Å². The third-order valence-corrected chi connectivity index (χ3v) is 7.48. The summed E-state index contributed by atoms with van der Waals surface area (Å²) in [5.74, 6) is 0.834. The van der Waals surface area contributed by atoms with Crippen molar-refractivity contribution >= 4 is 55.9 Å². The zero-order valence-corrected chi connectivity index (χ0v) is 20.1. The van der Waals surface area contributed by atoms with E-state index in [-0.39, 0.29) is 18.5 Å². The number of fused-ring (bicyclic) bond motifs is 2. The van der Waals surface area contributed by atoms with Gasteiger partial charge in [0, 0.05) is 43.5 Å². The first-order chi connectivity index (χ1) is 16.6. The Balaban J connectivity index is 1.19. The van der Waals surface area contributed by atoms with Gasteiger partial charge in [-0.2, -0.15) is 0 Å². The molecule has 0 saturated carbocycles. The van der Waals surface area contributed by atoms with Crippen LogP contribution in [0.1, 0.15) is 6.92 Å². The monoisotopic (exact) mass is 491 g/mol. The topological polar surface area (TPSA) is 82.9 Å². The molecule has 1 atom stereocenters. The molecule has 1 aromatic carbocycles. The van der Waals surface area contributed by atoms with Crippen LogP contribution >= 0.6 is 22.9 Å². The van der Waals surface area contributed by atoms with Crippen LogP contribution < -0.4 is 4.90 Å². The predicted molar refractivity (Wildman–Crippen MR) is 135 cm³/mol. The number of pyridine rings is 1. The molecule has 1 N–H and O–H groups in total. The highest BCUT2D eigenvalue weighted by atomic mass is 35.5. The lowest BCUT2D eigenvalue weighted by Crippen LogP contribution is -2.54. The van der Waals surface area contributed by atoms with Crippen molar-refractivity contribution in [2.24, 2.45) is 0 Å². The molecule has 0 radical (unpaired) electrons. The second-order valence-electron chi connectivity index (χ2n) is 8.47. The average Bonchev–Trinajstić information content (AvgIpc) is 3.56. The Morgan fingerprint density at radius 2 is 2.09 bits per heavy atom. The molecule has 172 valence electrons. The van der Waals surface area contributed by atoms with Gasteiger partial charge in [0.05, 0.1) is 21.6 Å². The molecule has 4 aromatic heterocycles. The van der Waals surface area contributed by atoms with Crippen molar-refractivity contribution in [3.8, 4) is 11.5 Å². The van der Waals surface area contributed by atoms with E-state index in [2.05, 4.69) is 26.8 Å². The van der Waals surface area contributed by atoms with Crippen LogP contribution in [-0.2, 0) is 11.3 Å². The number of aromatic nitrogens is 5. The molecule has 8 nitrogen and oxygen atoms in total. The van der Waals surface area contributed by atoms with E-state index < -0.39 is 0 Å². The number of thiazole rings is 1. The first-order valence-corrected chi connectivity index (χ1v) is 12.4. The van der Waals surface area contributed by atoms with Gasteiger partial charge in [0.2, 0.25) is 5.91 Å². The zero-order chi connectivity index (χ0) is 23.2. The number of aromatic amines is 1. The van der Waals surface area contributed by atoms with Crippen LogP contribution in [0.4, 0.5) is 5.00 Å². The van der Waals surface area contributed by atoms with Gasteiger partial charge in [-0.05, 0) is 31.2 Å². The molecule has 0 spiro atoms. The van der Waals surface area contributed by atoms with Gasteiger partial charge >= 0.3 is 0 Å². The number of H-pyrrole nitrogens is 1. The Bertz CT molecular complexity index is 1470. The number of carbonyl (C=O) groups excluding carboxylic acids is 1. The molecule has 0 bridgehead atoms. The van der Waals surface area contributed by atoms with Gasteiger partial charge in [0.15, 0.2) is 5.82 Å². The highest BCUT2D eigenvalue weighted by Gasteiger charge is 2.30. The van der Waals surface area contributed by atoms with Gasteiger partial charge in [0.25, 0.3) is 0 Å². The lowest BCUT2D eigenvalue weighted by atomic mass is 10.2. The van der Waals surface area contributed by atoms with Gasteiger partial charge in [0.1, 0.15) is 22.9 Å². The van der Waals surface area contributed by atoms with Gasteiger partial charge in [-0.15, -0.1) is 11.3 Å². The second-order valence-corrected chi connectivity index (χ2v) is 9.71. The summed E-state index contributed by atoms with van der Waals surface area (Å²) in [6.07, 6.45) is 3.50. The zero-order valence-electron chi connectivity index (χ0n) is 18.5. The molecule has 1 saturated heterocycles. The minimum atomic E-state index is 0.0529. The molecule has 1 aliphatic heterocycles. The van der Waals surface area contributed by atoms with E-state index in [0.29, 0.717) is 11.6 Å². The number of amides is 1. The van der Waals surface area contributed by atoms with Gasteiger partial charge in [-0.3, -0.25) is 4.79 Å². The standard InChI is InChI=1S/C24H22ClN7OS/c1-15-11-30(24-21(27-14-34-24)22-28-18-6-2-3-7-19(18)29-22)9-10-32(15)20(33)13-31-12-17(25)16-5-4-8-26-23(16)31/h2-8,12,14-15H,9-11,13H2,1H3,(H,28,29). The maximum atomic E-state index is 13.2. The molecule has 1 fully saturated rings. The molecule has 1 unspecified atom stereocenters. The molecular formula is C24H22ClN7OS. The third-order valence-electron chi connectivity index (χ3n) is 6.29. The number of hydrogen-bond acceptors (Lipinski definition) is 6. The second kappa shape index (κ2) is 8.41. The van der Waals surface area contributed by atoms with E-state index >= 15 is 0 Å². The van der Waals surface area contributed by atoms with Crippen LogP contribution in [0.25, 0.3) is 33.6 Å². The van der Waals surface area contributed by atoms with E-state index in [1.165, 1.54) is 0 Å². The number of hydrogen-bond donors (Lipinski definition) is 1. The number of piperazine rings is 1. The summed E-state index contributed by atoms with van der Waals surface area (Å²) in [6, 6.07) is 11.8. The fourth-order valence-electron chi connectivity index (χ4n) is 4.64. The predicted octanol–water partition coefficient (Wildman–Crippen LogP) is 4.43. The lowest BCUT2D eigenvalue weighted by molar-refractivity contribution is -0.134. The van der Waals surface area contributed by atoms with Crippen molar-refractivity contribution in [2.75, 3.05) is 24.5 Å². The minimum absolute atomic E-state index is 0.0529. The number of anilines is 1. The highest BCUT2D eigenvalue weighted by Crippen LogP contribution is 2.34. The normalized spacial score (nSPS) is 16.6. The van der Waals surface area contributed by atoms with E-state index in [9.17, 15) is 4.79 Å². The van der Waals surface area contributed by atoms with E-state index in [1.54, 1.807) is 23.7 Å². The highest BCUT2D eigenvalue weighted by molar-refractivity contribution is 7.14. The lowest BCUT2D eigenvalue weighted by Gasteiger charge is -2.40. The Morgan fingerprint density at radius 3 is 2.94 bits per heavy atom. The number of rotatable bonds is 4. The molecular weight excluding hydrogens is 470 g/mol. The first kappa shape index (κ1) is 21.1. The summed E-state index contributed by atoms with van der Waals surface area (Å²) < 4.78 is 1.84. The quantitative estimate of drug-likeness (QED) is 0.402. The van der Waals surface area contributed by atoms with Crippen molar-refractivity contribution in [1.29, 1.82) is 0 Å². The Labute approximate surface area is 204 Å². The van der Waals surface area contributed by atoms with Crippen molar-refractivity contribution < 1.29 is 4.79 Å². The molecule has 5 heterocycles. The smallest absolute Gasteiger partial charge is 0.242 e. The number of benzene rings is 1. The summed E-state index contributed by atoms with van der Waals surface area (Å²) in [5.41, 5.74) is 5.35. The Morgan fingerprint density at radius 1 is 1.21 bits per heavy atom. The van der Waals surface area contributed by atoms with Crippen molar-refractivity contribution in [3.63, 3.8) is 0 Å². The van der Waals surface area contributed by atoms with Crippen LogP contribution in [0.2, 0.25) is 5.02 Å².